The maximum atomic E-state index is 9.21. The van der Waals surface area contributed by atoms with Crippen molar-refractivity contribution in [2.75, 3.05) is 7.11 Å². The molecule has 3 nitrogen and oxygen atoms in total. The minimum absolute atomic E-state index is 0.102. The first-order valence-electron chi connectivity index (χ1n) is 7.86. The highest BCUT2D eigenvalue weighted by Gasteiger charge is 2.18. The lowest BCUT2D eigenvalue weighted by Gasteiger charge is -2.26. The monoisotopic (exact) mass is 297 g/mol. The van der Waals surface area contributed by atoms with E-state index >= 15 is 0 Å². The molecule has 0 saturated carbocycles. The third kappa shape index (κ3) is 3.49. The summed E-state index contributed by atoms with van der Waals surface area (Å²) in [6.45, 7) is 0.947. The van der Waals surface area contributed by atoms with Gasteiger partial charge in [-0.1, -0.05) is 30.3 Å². The molecule has 0 heterocycles. The van der Waals surface area contributed by atoms with Crippen LogP contribution in [0.4, 0.5) is 0 Å². The fraction of sp³-hybridized carbons (Fsp3) is 0.368. The normalized spacial score (nSPS) is 17.1. The molecule has 0 fully saturated rings. The molecule has 0 aliphatic heterocycles. The smallest absolute Gasteiger partial charge is 0.119 e. The van der Waals surface area contributed by atoms with Gasteiger partial charge in [-0.25, -0.2) is 0 Å². The quantitative estimate of drug-likeness (QED) is 0.891. The van der Waals surface area contributed by atoms with Gasteiger partial charge in [0.25, 0.3) is 0 Å². The molecule has 1 aliphatic carbocycles. The summed E-state index contributed by atoms with van der Waals surface area (Å²) in [7, 11) is 1.72. The van der Waals surface area contributed by atoms with Crippen LogP contribution in [0.5, 0.6) is 5.75 Å². The summed E-state index contributed by atoms with van der Waals surface area (Å²) >= 11 is 0. The average molecular weight is 297 g/mol. The molecule has 0 unspecified atom stereocenters. The molecule has 0 bridgehead atoms. The number of ether oxygens (including phenoxy) is 1. The molecule has 2 aromatic rings. The molecule has 1 atom stereocenters. The van der Waals surface area contributed by atoms with Gasteiger partial charge < -0.3 is 15.2 Å². The summed E-state index contributed by atoms with van der Waals surface area (Å²) in [5.74, 6) is 0.940. The Bertz CT molecular complexity index is 639. The number of hydrogen-bond acceptors (Lipinski definition) is 3. The predicted molar refractivity (Wildman–Crippen MR) is 88.0 cm³/mol. The Morgan fingerprint density at radius 3 is 2.82 bits per heavy atom. The summed E-state index contributed by atoms with van der Waals surface area (Å²) in [5, 5.41) is 12.9. The van der Waals surface area contributed by atoms with E-state index in [-0.39, 0.29) is 6.61 Å². The Labute approximate surface area is 131 Å². The van der Waals surface area contributed by atoms with E-state index in [9.17, 15) is 5.11 Å². The minimum Gasteiger partial charge on any atom is -0.497 e. The van der Waals surface area contributed by atoms with Gasteiger partial charge in [0.05, 0.1) is 13.7 Å². The Hall–Kier alpha value is -1.84. The van der Waals surface area contributed by atoms with Gasteiger partial charge in [0.15, 0.2) is 0 Å². The fourth-order valence-electron chi connectivity index (χ4n) is 3.13. The van der Waals surface area contributed by atoms with Crippen LogP contribution in [-0.4, -0.2) is 18.3 Å². The average Bonchev–Trinajstić information content (AvgIpc) is 2.59. The fourth-order valence-corrected chi connectivity index (χ4v) is 3.13. The van der Waals surface area contributed by atoms with Gasteiger partial charge in [-0.3, -0.25) is 0 Å². The van der Waals surface area contributed by atoms with Crippen molar-refractivity contribution in [2.45, 2.75) is 38.5 Å². The van der Waals surface area contributed by atoms with Gasteiger partial charge in [-0.15, -0.1) is 0 Å². The maximum Gasteiger partial charge on any atom is 0.119 e. The minimum atomic E-state index is 0.102. The van der Waals surface area contributed by atoms with Gasteiger partial charge in [0, 0.05) is 12.6 Å². The lowest BCUT2D eigenvalue weighted by Crippen LogP contribution is -2.34. The van der Waals surface area contributed by atoms with Crippen LogP contribution in [0.1, 0.15) is 28.7 Å². The highest BCUT2D eigenvalue weighted by Crippen LogP contribution is 2.25. The van der Waals surface area contributed by atoms with Crippen LogP contribution in [0.25, 0.3) is 0 Å². The first kappa shape index (κ1) is 15.1. The molecule has 0 amide bonds. The number of methoxy groups -OCH3 is 1. The number of aryl methyl sites for hydroxylation is 1. The molecule has 2 N–H and O–H groups in total. The van der Waals surface area contributed by atoms with Crippen LogP contribution in [0.3, 0.4) is 0 Å². The zero-order chi connectivity index (χ0) is 15.4. The Kier molecular flexibility index (Phi) is 4.76. The highest BCUT2D eigenvalue weighted by atomic mass is 16.5. The lowest BCUT2D eigenvalue weighted by molar-refractivity contribution is 0.281. The zero-order valence-electron chi connectivity index (χ0n) is 13.0. The zero-order valence-corrected chi connectivity index (χ0v) is 13.0. The van der Waals surface area contributed by atoms with E-state index in [1.807, 2.05) is 18.2 Å². The van der Waals surface area contributed by atoms with E-state index in [4.69, 9.17) is 4.74 Å². The molecular formula is C19H23NO2. The number of hydrogen-bond donors (Lipinski definition) is 2. The van der Waals surface area contributed by atoms with Gasteiger partial charge in [-0.05, 0) is 53.6 Å². The van der Waals surface area contributed by atoms with E-state index in [0.29, 0.717) is 6.04 Å². The number of aliphatic hydroxyl groups excluding tert-OH is 1. The summed E-state index contributed by atoms with van der Waals surface area (Å²) in [6.07, 6.45) is 3.33. The maximum absolute atomic E-state index is 9.21. The van der Waals surface area contributed by atoms with Crippen LogP contribution in [0, 0.1) is 0 Å². The Morgan fingerprint density at radius 1 is 1.14 bits per heavy atom. The van der Waals surface area contributed by atoms with Crippen LogP contribution >= 0.6 is 0 Å². The van der Waals surface area contributed by atoms with Crippen molar-refractivity contribution in [1.29, 1.82) is 0 Å². The highest BCUT2D eigenvalue weighted by molar-refractivity contribution is 5.38. The summed E-state index contributed by atoms with van der Waals surface area (Å²) in [4.78, 5) is 0. The number of fused-ring (bicyclic) bond motifs is 1. The molecule has 0 radical (unpaired) electrons. The summed E-state index contributed by atoms with van der Waals surface area (Å²) < 4.78 is 5.33. The second-order valence-electron chi connectivity index (χ2n) is 5.93. The summed E-state index contributed by atoms with van der Waals surface area (Å²) in [6, 6.07) is 15.0. The molecule has 0 aromatic heterocycles. The first-order valence-corrected chi connectivity index (χ1v) is 7.86. The Balaban J connectivity index is 1.62. The van der Waals surface area contributed by atoms with Crippen LogP contribution in [0.2, 0.25) is 0 Å². The molecular weight excluding hydrogens is 274 g/mol. The molecule has 116 valence electrons. The topological polar surface area (TPSA) is 41.5 Å². The molecule has 22 heavy (non-hydrogen) atoms. The van der Waals surface area contributed by atoms with Crippen molar-refractivity contribution in [2.24, 2.45) is 0 Å². The summed E-state index contributed by atoms with van der Waals surface area (Å²) in [5.41, 5.74) is 5.04. The van der Waals surface area contributed by atoms with E-state index < -0.39 is 0 Å². The second kappa shape index (κ2) is 6.95. The van der Waals surface area contributed by atoms with Crippen molar-refractivity contribution < 1.29 is 9.84 Å². The van der Waals surface area contributed by atoms with Crippen molar-refractivity contribution >= 4 is 0 Å². The number of aliphatic hydroxyl groups is 1. The largest absolute Gasteiger partial charge is 0.497 e. The van der Waals surface area contributed by atoms with E-state index in [1.54, 1.807) is 7.11 Å². The molecule has 0 spiro atoms. The van der Waals surface area contributed by atoms with E-state index in [0.717, 1.165) is 30.7 Å². The van der Waals surface area contributed by atoms with Crippen molar-refractivity contribution in [3.8, 4) is 5.75 Å². The van der Waals surface area contributed by atoms with E-state index in [1.165, 1.54) is 23.1 Å². The molecule has 3 heteroatoms. The van der Waals surface area contributed by atoms with Gasteiger partial charge in [0.1, 0.15) is 5.75 Å². The number of rotatable bonds is 5. The van der Waals surface area contributed by atoms with Crippen LogP contribution < -0.4 is 10.1 Å². The third-order valence-corrected chi connectivity index (χ3v) is 4.41. The van der Waals surface area contributed by atoms with Crippen molar-refractivity contribution in [3.63, 3.8) is 0 Å². The first-order chi connectivity index (χ1) is 10.8. The molecule has 0 saturated heterocycles. The van der Waals surface area contributed by atoms with Crippen molar-refractivity contribution in [3.05, 3.63) is 64.7 Å². The SMILES string of the molecule is COc1ccc2c(c1)C[C@@H](NCc1cccc(CO)c1)CC2. The Morgan fingerprint density at radius 2 is 2.00 bits per heavy atom. The number of nitrogens with one attached hydrogen (secondary N) is 1. The molecule has 2 aromatic carbocycles. The van der Waals surface area contributed by atoms with E-state index in [2.05, 4.69) is 29.6 Å². The lowest BCUT2D eigenvalue weighted by atomic mass is 9.88. The second-order valence-corrected chi connectivity index (χ2v) is 5.93. The van der Waals surface area contributed by atoms with Crippen LogP contribution in [-0.2, 0) is 26.0 Å². The third-order valence-electron chi connectivity index (χ3n) is 4.41. The molecule has 3 rings (SSSR count). The number of benzene rings is 2. The van der Waals surface area contributed by atoms with Crippen molar-refractivity contribution in [1.82, 2.24) is 5.32 Å². The molecule has 1 aliphatic rings. The standard InChI is InChI=1S/C19H23NO2/c1-22-19-8-6-16-5-7-18(10-17(16)11-19)20-12-14-3-2-4-15(9-14)13-21/h2-4,6,8-9,11,18,20-21H,5,7,10,12-13H2,1H3/t18-/m0/s1. The van der Waals surface area contributed by atoms with Gasteiger partial charge in [-0.2, -0.15) is 0 Å². The van der Waals surface area contributed by atoms with Crippen LogP contribution in [0.15, 0.2) is 42.5 Å². The predicted octanol–water partition coefficient (Wildman–Crippen LogP) is 2.83. The van der Waals surface area contributed by atoms with Gasteiger partial charge in [0.2, 0.25) is 0 Å². The van der Waals surface area contributed by atoms with Gasteiger partial charge >= 0.3 is 0 Å².